The lowest BCUT2D eigenvalue weighted by molar-refractivity contribution is -0.139. The van der Waals surface area contributed by atoms with Crippen molar-refractivity contribution in [2.24, 2.45) is 7.05 Å². The van der Waals surface area contributed by atoms with Gasteiger partial charge in [0, 0.05) is 52.2 Å². The zero-order chi connectivity index (χ0) is 19.9. The van der Waals surface area contributed by atoms with Crippen LogP contribution in [0.5, 0.6) is 0 Å². The van der Waals surface area contributed by atoms with Gasteiger partial charge < -0.3 is 19.9 Å². The smallest absolute Gasteiger partial charge is 0.309 e. The Morgan fingerprint density at radius 3 is 2.57 bits per heavy atom. The van der Waals surface area contributed by atoms with Crippen molar-refractivity contribution in [3.63, 3.8) is 0 Å². The molecule has 0 aliphatic carbocycles. The molecule has 7 nitrogen and oxygen atoms in total. The molecule has 1 aliphatic heterocycles. The van der Waals surface area contributed by atoms with Crippen molar-refractivity contribution in [3.8, 4) is 0 Å². The summed E-state index contributed by atoms with van der Waals surface area (Å²) in [7, 11) is 3.55. The molecule has 0 radical (unpaired) electrons. The third kappa shape index (κ3) is 4.79. The summed E-state index contributed by atoms with van der Waals surface area (Å²) in [5.74, 6) is -1.25. The molecule has 2 N–H and O–H groups in total. The number of rotatable bonds is 7. The van der Waals surface area contributed by atoms with Gasteiger partial charge in [-0.3, -0.25) is 14.5 Å². The molecule has 2 amide bonds. The maximum absolute atomic E-state index is 12.2. The van der Waals surface area contributed by atoms with Crippen molar-refractivity contribution in [2.75, 3.05) is 33.4 Å². The van der Waals surface area contributed by atoms with Gasteiger partial charge in [-0.2, -0.15) is 0 Å². The van der Waals surface area contributed by atoms with E-state index in [1.54, 1.807) is 7.11 Å². The van der Waals surface area contributed by atoms with Crippen LogP contribution >= 0.6 is 0 Å². The van der Waals surface area contributed by atoms with Gasteiger partial charge in [-0.05, 0) is 29.7 Å². The molecule has 1 aliphatic rings. The summed E-state index contributed by atoms with van der Waals surface area (Å²) in [4.78, 5) is 26.5. The van der Waals surface area contributed by atoms with Crippen molar-refractivity contribution in [1.82, 2.24) is 20.1 Å². The number of hydrogen-bond donors (Lipinski definition) is 2. The number of benzene rings is 1. The number of aromatic nitrogens is 1. The quantitative estimate of drug-likeness (QED) is 0.552. The highest BCUT2D eigenvalue weighted by Crippen LogP contribution is 2.27. The third-order valence-electron chi connectivity index (χ3n) is 5.18. The number of amides is 2. The van der Waals surface area contributed by atoms with E-state index in [4.69, 9.17) is 4.74 Å². The van der Waals surface area contributed by atoms with Crippen LogP contribution in [0.3, 0.4) is 0 Å². The van der Waals surface area contributed by atoms with Crippen molar-refractivity contribution < 1.29 is 14.3 Å². The van der Waals surface area contributed by atoms with Gasteiger partial charge in [0.05, 0.1) is 12.6 Å². The predicted octanol–water partition coefficient (Wildman–Crippen LogP) is 1.00. The number of nitrogens with zero attached hydrogens (tertiary/aromatic N) is 2. The van der Waals surface area contributed by atoms with Gasteiger partial charge in [0.1, 0.15) is 0 Å². The van der Waals surface area contributed by atoms with Gasteiger partial charge in [0.2, 0.25) is 0 Å². The van der Waals surface area contributed by atoms with Gasteiger partial charge in [-0.1, -0.05) is 24.3 Å². The average Bonchev–Trinajstić information content (AvgIpc) is 3.13. The van der Waals surface area contributed by atoms with Crippen molar-refractivity contribution in [1.29, 1.82) is 0 Å². The summed E-state index contributed by atoms with van der Waals surface area (Å²) in [6.45, 7) is 2.78. The molecule has 1 aromatic carbocycles. The Morgan fingerprint density at radius 1 is 1.11 bits per heavy atom. The van der Waals surface area contributed by atoms with Crippen molar-refractivity contribution in [3.05, 3.63) is 59.4 Å². The fraction of sp³-hybridized carbons (Fsp3) is 0.429. The van der Waals surface area contributed by atoms with Gasteiger partial charge in [0.25, 0.3) is 0 Å². The zero-order valence-electron chi connectivity index (χ0n) is 16.5. The van der Waals surface area contributed by atoms with Crippen LogP contribution in [0, 0.1) is 0 Å². The van der Waals surface area contributed by atoms with E-state index in [2.05, 4.69) is 50.4 Å². The molecule has 0 saturated heterocycles. The van der Waals surface area contributed by atoms with Crippen LogP contribution < -0.4 is 10.6 Å². The van der Waals surface area contributed by atoms with Crippen LogP contribution in [-0.2, 0) is 34.3 Å². The SMILES string of the molecule is COCCNC(=O)C(=O)NC[C@@H](c1cccn1C)N1CCc2ccccc2C1. The van der Waals surface area contributed by atoms with Crippen molar-refractivity contribution >= 4 is 11.8 Å². The second-order valence-electron chi connectivity index (χ2n) is 7.01. The molecule has 0 spiro atoms. The highest BCUT2D eigenvalue weighted by molar-refractivity contribution is 6.35. The van der Waals surface area contributed by atoms with Gasteiger partial charge in [-0.25, -0.2) is 0 Å². The molecule has 1 atom stereocenters. The van der Waals surface area contributed by atoms with E-state index >= 15 is 0 Å². The summed E-state index contributed by atoms with van der Waals surface area (Å²) >= 11 is 0. The second-order valence-corrected chi connectivity index (χ2v) is 7.01. The Hall–Kier alpha value is -2.64. The maximum atomic E-state index is 12.2. The summed E-state index contributed by atoms with van der Waals surface area (Å²) in [6, 6.07) is 12.5. The first-order valence-electron chi connectivity index (χ1n) is 9.57. The molecular formula is C21H28N4O3. The zero-order valence-corrected chi connectivity index (χ0v) is 16.5. The fourth-order valence-electron chi connectivity index (χ4n) is 3.64. The number of nitrogens with one attached hydrogen (secondary N) is 2. The summed E-state index contributed by atoms with van der Waals surface area (Å²) in [5.41, 5.74) is 3.81. The van der Waals surface area contributed by atoms with E-state index in [9.17, 15) is 9.59 Å². The largest absolute Gasteiger partial charge is 0.383 e. The van der Waals surface area contributed by atoms with E-state index in [1.807, 2.05) is 19.3 Å². The molecule has 3 rings (SSSR count). The Morgan fingerprint density at radius 2 is 1.86 bits per heavy atom. The highest BCUT2D eigenvalue weighted by atomic mass is 16.5. The van der Waals surface area contributed by atoms with E-state index in [1.165, 1.54) is 11.1 Å². The first kappa shape index (κ1) is 20.1. The van der Waals surface area contributed by atoms with Crippen LogP contribution in [0.4, 0.5) is 0 Å². The van der Waals surface area contributed by atoms with Crippen LogP contribution in [0.25, 0.3) is 0 Å². The number of ether oxygens (including phenoxy) is 1. The molecule has 2 aromatic rings. The standard InChI is InChI=1S/C21H28N4O3/c1-24-11-5-8-18(24)19(14-23-21(27)20(26)22-10-13-28-2)25-12-9-16-6-3-4-7-17(16)15-25/h3-8,11,19H,9-10,12-15H2,1-2H3,(H,22,26)(H,23,27)/t19-/m0/s1. The minimum Gasteiger partial charge on any atom is -0.383 e. The number of fused-ring (bicyclic) bond motifs is 1. The number of methoxy groups -OCH3 is 1. The number of hydrogen-bond acceptors (Lipinski definition) is 4. The minimum atomic E-state index is -0.633. The first-order chi connectivity index (χ1) is 13.6. The summed E-state index contributed by atoms with van der Waals surface area (Å²) in [5, 5.41) is 5.35. The van der Waals surface area contributed by atoms with E-state index in [0.29, 0.717) is 19.7 Å². The minimum absolute atomic E-state index is 0.0101. The number of carbonyl (C=O) groups excluding carboxylic acids is 2. The Balaban J connectivity index is 1.68. The lowest BCUT2D eigenvalue weighted by Gasteiger charge is -2.36. The Labute approximate surface area is 165 Å². The molecule has 150 valence electrons. The normalized spacial score (nSPS) is 14.9. The molecule has 0 fully saturated rings. The van der Waals surface area contributed by atoms with E-state index in [-0.39, 0.29) is 6.04 Å². The molecule has 2 heterocycles. The van der Waals surface area contributed by atoms with Crippen LogP contribution in [0.1, 0.15) is 22.9 Å². The third-order valence-corrected chi connectivity index (χ3v) is 5.18. The van der Waals surface area contributed by atoms with E-state index in [0.717, 1.165) is 25.2 Å². The first-order valence-corrected chi connectivity index (χ1v) is 9.57. The summed E-state index contributed by atoms with van der Waals surface area (Å²) < 4.78 is 6.95. The molecule has 1 aromatic heterocycles. The molecule has 7 heteroatoms. The number of aryl methyl sites for hydroxylation is 1. The number of carbonyl (C=O) groups is 2. The van der Waals surface area contributed by atoms with Gasteiger partial charge >= 0.3 is 11.8 Å². The molecule has 0 unspecified atom stereocenters. The van der Waals surface area contributed by atoms with Crippen molar-refractivity contribution in [2.45, 2.75) is 19.0 Å². The highest BCUT2D eigenvalue weighted by Gasteiger charge is 2.27. The lowest BCUT2D eigenvalue weighted by atomic mass is 9.98. The fourth-order valence-corrected chi connectivity index (χ4v) is 3.64. The molecular weight excluding hydrogens is 356 g/mol. The van der Waals surface area contributed by atoms with Gasteiger partial charge in [0.15, 0.2) is 0 Å². The monoisotopic (exact) mass is 384 g/mol. The molecule has 0 saturated carbocycles. The van der Waals surface area contributed by atoms with Crippen LogP contribution in [0.15, 0.2) is 42.6 Å². The topological polar surface area (TPSA) is 75.6 Å². The maximum Gasteiger partial charge on any atom is 0.309 e. The second kappa shape index (κ2) is 9.52. The Kier molecular flexibility index (Phi) is 6.84. The predicted molar refractivity (Wildman–Crippen MR) is 107 cm³/mol. The van der Waals surface area contributed by atoms with E-state index < -0.39 is 11.8 Å². The van der Waals surface area contributed by atoms with Crippen LogP contribution in [0.2, 0.25) is 0 Å². The average molecular weight is 384 g/mol. The van der Waals surface area contributed by atoms with Gasteiger partial charge in [-0.15, -0.1) is 0 Å². The summed E-state index contributed by atoms with van der Waals surface area (Å²) in [6.07, 6.45) is 2.97. The molecule has 28 heavy (non-hydrogen) atoms. The van der Waals surface area contributed by atoms with Crippen LogP contribution in [-0.4, -0.2) is 54.6 Å². The lowest BCUT2D eigenvalue weighted by Crippen LogP contribution is -2.46. The molecule has 0 bridgehead atoms. The Bertz CT molecular complexity index is 817.